The maximum Gasteiger partial charge on any atom is 0.270 e. The van der Waals surface area contributed by atoms with Crippen LogP contribution in [0.2, 0.25) is 0 Å². The summed E-state index contributed by atoms with van der Waals surface area (Å²) in [4.78, 5) is 16.4. The molecule has 1 fully saturated rings. The fourth-order valence-corrected chi connectivity index (χ4v) is 2.64. The van der Waals surface area contributed by atoms with Crippen LogP contribution in [-0.2, 0) is 4.74 Å². The SMILES string of the molecule is O=C(N[C@@H](c1ccc(F)cc1)[C@@H]1CCCO1)c1ccccn1. The summed E-state index contributed by atoms with van der Waals surface area (Å²) in [6.45, 7) is 0.682. The summed E-state index contributed by atoms with van der Waals surface area (Å²) in [7, 11) is 0. The molecule has 1 saturated heterocycles. The number of pyridine rings is 1. The van der Waals surface area contributed by atoms with Gasteiger partial charge in [0.1, 0.15) is 11.5 Å². The van der Waals surface area contributed by atoms with Crippen molar-refractivity contribution in [3.8, 4) is 0 Å². The van der Waals surface area contributed by atoms with Crippen LogP contribution in [0.15, 0.2) is 48.7 Å². The molecule has 1 N–H and O–H groups in total. The summed E-state index contributed by atoms with van der Waals surface area (Å²) in [6, 6.07) is 11.0. The van der Waals surface area contributed by atoms with Crippen LogP contribution in [0.3, 0.4) is 0 Å². The van der Waals surface area contributed by atoms with Crippen molar-refractivity contribution in [2.24, 2.45) is 0 Å². The topological polar surface area (TPSA) is 51.2 Å². The highest BCUT2D eigenvalue weighted by Crippen LogP contribution is 2.27. The van der Waals surface area contributed by atoms with E-state index in [0.29, 0.717) is 12.3 Å². The lowest BCUT2D eigenvalue weighted by atomic mass is 9.99. The molecule has 2 aromatic rings. The fourth-order valence-electron chi connectivity index (χ4n) is 2.64. The van der Waals surface area contributed by atoms with Gasteiger partial charge in [-0.15, -0.1) is 0 Å². The fraction of sp³-hybridized carbons (Fsp3) is 0.294. The van der Waals surface area contributed by atoms with Crippen LogP contribution in [0, 0.1) is 5.82 Å². The number of rotatable bonds is 4. The van der Waals surface area contributed by atoms with Gasteiger partial charge in [0, 0.05) is 12.8 Å². The van der Waals surface area contributed by atoms with Crippen molar-refractivity contribution in [2.75, 3.05) is 6.61 Å². The van der Waals surface area contributed by atoms with Gasteiger partial charge < -0.3 is 10.1 Å². The number of amides is 1. The zero-order chi connectivity index (χ0) is 15.4. The van der Waals surface area contributed by atoms with Gasteiger partial charge in [-0.1, -0.05) is 18.2 Å². The normalized spacial score (nSPS) is 18.9. The molecule has 0 radical (unpaired) electrons. The summed E-state index contributed by atoms with van der Waals surface area (Å²) in [5.41, 5.74) is 1.19. The molecule has 0 aliphatic carbocycles. The van der Waals surface area contributed by atoms with Gasteiger partial charge in [0.15, 0.2) is 0 Å². The van der Waals surface area contributed by atoms with Crippen LogP contribution in [0.4, 0.5) is 4.39 Å². The van der Waals surface area contributed by atoms with Crippen molar-refractivity contribution in [2.45, 2.75) is 25.0 Å². The molecule has 1 aliphatic rings. The van der Waals surface area contributed by atoms with Gasteiger partial charge in [0.2, 0.25) is 0 Å². The molecule has 1 aromatic carbocycles. The summed E-state index contributed by atoms with van der Waals surface area (Å²) < 4.78 is 18.8. The lowest BCUT2D eigenvalue weighted by Crippen LogP contribution is -2.36. The summed E-state index contributed by atoms with van der Waals surface area (Å²) in [5, 5.41) is 2.96. The van der Waals surface area contributed by atoms with E-state index in [0.717, 1.165) is 18.4 Å². The second-order valence-electron chi connectivity index (χ2n) is 5.27. The highest BCUT2D eigenvalue weighted by molar-refractivity contribution is 5.92. The number of carbonyl (C=O) groups is 1. The molecule has 1 amide bonds. The number of hydrogen-bond donors (Lipinski definition) is 1. The molecule has 4 nitrogen and oxygen atoms in total. The van der Waals surface area contributed by atoms with Crippen molar-refractivity contribution in [1.82, 2.24) is 10.3 Å². The molecule has 0 bridgehead atoms. The minimum atomic E-state index is -0.308. The van der Waals surface area contributed by atoms with Crippen LogP contribution in [0.25, 0.3) is 0 Å². The number of aromatic nitrogens is 1. The van der Waals surface area contributed by atoms with Crippen LogP contribution in [-0.4, -0.2) is 23.6 Å². The number of benzene rings is 1. The van der Waals surface area contributed by atoms with E-state index in [-0.39, 0.29) is 23.9 Å². The first kappa shape index (κ1) is 14.7. The van der Waals surface area contributed by atoms with Crippen molar-refractivity contribution >= 4 is 5.91 Å². The third kappa shape index (κ3) is 3.31. The predicted molar refractivity (Wildman–Crippen MR) is 79.8 cm³/mol. The molecular formula is C17H17FN2O2. The Morgan fingerprint density at radius 2 is 2.09 bits per heavy atom. The molecule has 0 saturated carbocycles. The van der Waals surface area contributed by atoms with E-state index in [2.05, 4.69) is 10.3 Å². The highest BCUT2D eigenvalue weighted by atomic mass is 19.1. The third-order valence-corrected chi connectivity index (χ3v) is 3.75. The second kappa shape index (κ2) is 6.66. The van der Waals surface area contributed by atoms with E-state index in [4.69, 9.17) is 4.74 Å². The molecule has 114 valence electrons. The Kier molecular flexibility index (Phi) is 4.44. The van der Waals surface area contributed by atoms with Crippen LogP contribution in [0.1, 0.15) is 34.9 Å². The van der Waals surface area contributed by atoms with Crippen LogP contribution >= 0.6 is 0 Å². The van der Waals surface area contributed by atoms with Gasteiger partial charge >= 0.3 is 0 Å². The molecular weight excluding hydrogens is 283 g/mol. The van der Waals surface area contributed by atoms with Gasteiger partial charge in [0.25, 0.3) is 5.91 Å². The Labute approximate surface area is 128 Å². The van der Waals surface area contributed by atoms with Crippen molar-refractivity contribution in [3.63, 3.8) is 0 Å². The Morgan fingerprint density at radius 1 is 1.27 bits per heavy atom. The third-order valence-electron chi connectivity index (χ3n) is 3.75. The standard InChI is InChI=1S/C17H17FN2O2/c18-13-8-6-12(7-9-13)16(15-5-3-11-22-15)20-17(21)14-4-1-2-10-19-14/h1-2,4,6-10,15-16H,3,5,11H2,(H,20,21)/t15-,16-/m0/s1. The molecule has 3 rings (SSSR count). The molecule has 5 heteroatoms. The average Bonchev–Trinajstić information content (AvgIpc) is 3.08. The molecule has 2 heterocycles. The van der Waals surface area contributed by atoms with Gasteiger partial charge in [-0.25, -0.2) is 4.39 Å². The van der Waals surface area contributed by atoms with Gasteiger partial charge in [-0.2, -0.15) is 0 Å². The van der Waals surface area contributed by atoms with Gasteiger partial charge in [-0.3, -0.25) is 9.78 Å². The largest absolute Gasteiger partial charge is 0.376 e. The lowest BCUT2D eigenvalue weighted by molar-refractivity contribution is 0.0670. The zero-order valence-electron chi connectivity index (χ0n) is 12.0. The molecule has 0 unspecified atom stereocenters. The quantitative estimate of drug-likeness (QED) is 0.944. The van der Waals surface area contributed by atoms with E-state index >= 15 is 0 Å². The smallest absolute Gasteiger partial charge is 0.270 e. The van der Waals surface area contributed by atoms with E-state index in [1.54, 1.807) is 36.5 Å². The number of ether oxygens (including phenoxy) is 1. The minimum Gasteiger partial charge on any atom is -0.376 e. The first-order chi connectivity index (χ1) is 10.7. The molecule has 0 spiro atoms. The number of nitrogens with zero attached hydrogens (tertiary/aromatic N) is 1. The molecule has 1 aromatic heterocycles. The first-order valence-corrected chi connectivity index (χ1v) is 7.33. The maximum absolute atomic E-state index is 13.1. The molecule has 2 atom stereocenters. The molecule has 1 aliphatic heterocycles. The Bertz CT molecular complexity index is 625. The monoisotopic (exact) mass is 300 g/mol. The number of carbonyl (C=O) groups excluding carboxylic acids is 1. The highest BCUT2D eigenvalue weighted by Gasteiger charge is 2.29. The Balaban J connectivity index is 1.82. The van der Waals surface area contributed by atoms with Gasteiger partial charge in [-0.05, 0) is 42.7 Å². The summed E-state index contributed by atoms with van der Waals surface area (Å²) in [5.74, 6) is -0.559. The van der Waals surface area contributed by atoms with Crippen molar-refractivity contribution in [3.05, 3.63) is 65.7 Å². The minimum absolute atomic E-state index is 0.0990. The zero-order valence-corrected chi connectivity index (χ0v) is 12.0. The van der Waals surface area contributed by atoms with Gasteiger partial charge in [0.05, 0.1) is 12.1 Å². The van der Waals surface area contributed by atoms with Crippen molar-refractivity contribution < 1.29 is 13.9 Å². The predicted octanol–water partition coefficient (Wildman–Crippen LogP) is 2.87. The van der Waals surface area contributed by atoms with E-state index in [9.17, 15) is 9.18 Å². The molecule has 22 heavy (non-hydrogen) atoms. The Hall–Kier alpha value is -2.27. The second-order valence-corrected chi connectivity index (χ2v) is 5.27. The van der Waals surface area contributed by atoms with E-state index in [1.165, 1.54) is 12.1 Å². The lowest BCUT2D eigenvalue weighted by Gasteiger charge is -2.24. The van der Waals surface area contributed by atoms with E-state index in [1.807, 2.05) is 0 Å². The van der Waals surface area contributed by atoms with Crippen molar-refractivity contribution in [1.29, 1.82) is 0 Å². The Morgan fingerprint density at radius 3 is 2.73 bits per heavy atom. The average molecular weight is 300 g/mol. The van der Waals surface area contributed by atoms with E-state index < -0.39 is 0 Å². The number of nitrogens with one attached hydrogen (secondary N) is 1. The summed E-state index contributed by atoms with van der Waals surface area (Å²) >= 11 is 0. The van der Waals surface area contributed by atoms with Crippen LogP contribution < -0.4 is 5.32 Å². The maximum atomic E-state index is 13.1. The summed E-state index contributed by atoms with van der Waals surface area (Å²) in [6.07, 6.45) is 3.30. The van der Waals surface area contributed by atoms with Crippen LogP contribution in [0.5, 0.6) is 0 Å². The first-order valence-electron chi connectivity index (χ1n) is 7.33. The number of halogens is 1. The number of hydrogen-bond acceptors (Lipinski definition) is 3.